The first-order valence-corrected chi connectivity index (χ1v) is 6.79. The van der Waals surface area contributed by atoms with E-state index in [0.29, 0.717) is 0 Å². The number of aryl methyl sites for hydroxylation is 2. The molecule has 1 aromatic heterocycles. The van der Waals surface area contributed by atoms with E-state index in [1.54, 1.807) is 0 Å². The van der Waals surface area contributed by atoms with Crippen LogP contribution in [0.25, 0.3) is 0 Å². The zero-order valence-electron chi connectivity index (χ0n) is 11.2. The van der Waals surface area contributed by atoms with Crippen LogP contribution in [0.1, 0.15) is 36.2 Å². The summed E-state index contributed by atoms with van der Waals surface area (Å²) in [6.07, 6.45) is 4.11. The Morgan fingerprint density at radius 2 is 1.35 bits per heavy atom. The molecule has 4 rings (SSSR count). The number of piperidine rings is 3. The van der Waals surface area contributed by atoms with E-state index in [9.17, 15) is 0 Å². The lowest BCUT2D eigenvalue weighted by atomic mass is 9.86. The summed E-state index contributed by atoms with van der Waals surface area (Å²) in [5.74, 6) is 2.08. The summed E-state index contributed by atoms with van der Waals surface area (Å²) in [5, 5.41) is 0. The Bertz CT molecular complexity index is 408. The summed E-state index contributed by atoms with van der Waals surface area (Å²) in [5.41, 5.74) is 3.57. The topological polar surface area (TPSA) is 25.8 Å². The fraction of sp³-hybridized carbons (Fsp3) is 0.714. The molecule has 0 unspecified atom stereocenters. The van der Waals surface area contributed by atoms with Gasteiger partial charge in [-0.15, -0.1) is 0 Å². The third-order valence-electron chi connectivity index (χ3n) is 4.94. The number of hydrogen-bond donors (Lipinski definition) is 0. The number of fused-ring (bicyclic) bond motifs is 3. The number of aromatic nitrogens is 2. The molecule has 3 fully saturated rings. The van der Waals surface area contributed by atoms with Gasteiger partial charge in [0.05, 0.1) is 19.6 Å². The van der Waals surface area contributed by atoms with Gasteiger partial charge in [0.1, 0.15) is 0 Å². The summed E-state index contributed by atoms with van der Waals surface area (Å²) >= 11 is 0. The molecule has 0 N–H and O–H groups in total. The predicted octanol–water partition coefficient (Wildman–Crippen LogP) is 2.52. The fourth-order valence-electron chi connectivity index (χ4n) is 3.32. The molecule has 92 valence electrons. The highest BCUT2D eigenvalue weighted by Crippen LogP contribution is 2.36. The summed E-state index contributed by atoms with van der Waals surface area (Å²) in [6, 6.07) is 0. The number of hydrogen-bond acceptors (Lipinski definition) is 2. The van der Waals surface area contributed by atoms with E-state index in [1.165, 1.54) is 44.5 Å². The molecule has 3 heteroatoms. The maximum Gasteiger partial charge on any atom is 0.329 e. The van der Waals surface area contributed by atoms with Crippen LogP contribution in [-0.4, -0.2) is 29.6 Å². The average molecular weight is 232 g/mol. The van der Waals surface area contributed by atoms with Crippen molar-refractivity contribution in [1.82, 2.24) is 14.5 Å². The van der Waals surface area contributed by atoms with Gasteiger partial charge in [0.15, 0.2) is 0 Å². The van der Waals surface area contributed by atoms with Crippen molar-refractivity contribution in [3.8, 4) is 0 Å². The smallest absolute Gasteiger partial charge is 0.257 e. The molecule has 4 heterocycles. The van der Waals surface area contributed by atoms with Gasteiger partial charge in [-0.2, -0.15) is 9.97 Å². The fourth-order valence-corrected chi connectivity index (χ4v) is 3.32. The molecule has 1 aromatic rings. The standard InChI is InChI=1S/C14H22N3/c1-10-11(2)15-14(16-12(10)3)17-7-4-13(5-8-17)6-9-17/h13H,4-9H2,1-3H3/q+1. The second-order valence-corrected chi connectivity index (χ2v) is 5.87. The van der Waals surface area contributed by atoms with Crippen molar-refractivity contribution in [2.75, 3.05) is 19.6 Å². The Labute approximate surface area is 103 Å². The monoisotopic (exact) mass is 232 g/mol. The van der Waals surface area contributed by atoms with Gasteiger partial charge in [0, 0.05) is 30.7 Å². The molecule has 0 atom stereocenters. The molecule has 17 heavy (non-hydrogen) atoms. The zero-order chi connectivity index (χ0) is 12.0. The molecule has 3 nitrogen and oxygen atoms in total. The molecule has 0 amide bonds. The molecule has 0 aromatic carbocycles. The minimum Gasteiger partial charge on any atom is -0.257 e. The van der Waals surface area contributed by atoms with Crippen LogP contribution < -0.4 is 4.48 Å². The largest absolute Gasteiger partial charge is 0.329 e. The maximum atomic E-state index is 4.79. The summed E-state index contributed by atoms with van der Waals surface area (Å²) in [7, 11) is 0. The number of nitrogens with zero attached hydrogens (tertiary/aromatic N) is 3. The summed E-state index contributed by atoms with van der Waals surface area (Å²) in [4.78, 5) is 9.57. The van der Waals surface area contributed by atoms with Crippen LogP contribution in [-0.2, 0) is 0 Å². The lowest BCUT2D eigenvalue weighted by Gasteiger charge is -2.46. The van der Waals surface area contributed by atoms with Crippen LogP contribution in [0.4, 0.5) is 5.95 Å². The van der Waals surface area contributed by atoms with Gasteiger partial charge >= 0.3 is 5.95 Å². The molecule has 0 radical (unpaired) electrons. The van der Waals surface area contributed by atoms with E-state index in [2.05, 4.69) is 20.8 Å². The van der Waals surface area contributed by atoms with E-state index < -0.39 is 0 Å². The Balaban J connectivity index is 2.03. The van der Waals surface area contributed by atoms with Crippen molar-refractivity contribution >= 4 is 5.95 Å². The van der Waals surface area contributed by atoms with Gasteiger partial charge in [-0.25, -0.2) is 0 Å². The van der Waals surface area contributed by atoms with Gasteiger partial charge in [0.25, 0.3) is 0 Å². The van der Waals surface area contributed by atoms with E-state index in [-0.39, 0.29) is 0 Å². The molecule has 0 spiro atoms. The minimum absolute atomic E-state index is 0.989. The van der Waals surface area contributed by atoms with E-state index in [0.717, 1.165) is 27.7 Å². The van der Waals surface area contributed by atoms with Crippen molar-refractivity contribution in [2.24, 2.45) is 5.92 Å². The third-order valence-corrected chi connectivity index (χ3v) is 4.94. The lowest BCUT2D eigenvalue weighted by molar-refractivity contribution is 0.107. The SMILES string of the molecule is Cc1nc([N+]23CCC(CC2)CC3)nc(C)c1C. The summed E-state index contributed by atoms with van der Waals surface area (Å²) < 4.78 is 1.05. The van der Waals surface area contributed by atoms with Crippen LogP contribution in [0.15, 0.2) is 0 Å². The van der Waals surface area contributed by atoms with Crippen molar-refractivity contribution in [3.05, 3.63) is 17.0 Å². The molecule has 3 aliphatic heterocycles. The van der Waals surface area contributed by atoms with E-state index in [1.807, 2.05) is 0 Å². The number of quaternary nitrogens is 1. The molecular formula is C14H22N3+. The van der Waals surface area contributed by atoms with Gasteiger partial charge in [0.2, 0.25) is 0 Å². The van der Waals surface area contributed by atoms with Crippen LogP contribution in [0.3, 0.4) is 0 Å². The molecular weight excluding hydrogens is 210 g/mol. The molecule has 2 bridgehead atoms. The van der Waals surface area contributed by atoms with E-state index in [4.69, 9.17) is 9.97 Å². The quantitative estimate of drug-likeness (QED) is 0.695. The first-order chi connectivity index (χ1) is 8.11. The van der Waals surface area contributed by atoms with Gasteiger partial charge < -0.3 is 0 Å². The zero-order valence-corrected chi connectivity index (χ0v) is 11.2. The highest BCUT2D eigenvalue weighted by Gasteiger charge is 2.43. The summed E-state index contributed by atoms with van der Waals surface area (Å²) in [6.45, 7) is 10.1. The average Bonchev–Trinajstić information content (AvgIpc) is 2.37. The van der Waals surface area contributed by atoms with Crippen molar-refractivity contribution < 1.29 is 0 Å². The van der Waals surface area contributed by atoms with Crippen molar-refractivity contribution in [2.45, 2.75) is 40.0 Å². The van der Waals surface area contributed by atoms with Gasteiger partial charge in [-0.3, -0.25) is 4.48 Å². The highest BCUT2D eigenvalue weighted by atomic mass is 15.4. The van der Waals surface area contributed by atoms with Crippen LogP contribution in [0.2, 0.25) is 0 Å². The first-order valence-electron chi connectivity index (χ1n) is 6.79. The first kappa shape index (κ1) is 11.1. The second-order valence-electron chi connectivity index (χ2n) is 5.87. The highest BCUT2D eigenvalue weighted by molar-refractivity contribution is 5.34. The molecule has 3 aliphatic rings. The molecule has 0 aliphatic carbocycles. The predicted molar refractivity (Wildman–Crippen MR) is 70.0 cm³/mol. The normalized spacial score (nSPS) is 31.8. The van der Waals surface area contributed by atoms with Crippen LogP contribution >= 0.6 is 0 Å². The van der Waals surface area contributed by atoms with E-state index >= 15 is 0 Å². The number of rotatable bonds is 1. The Hall–Kier alpha value is -0.960. The Kier molecular flexibility index (Phi) is 2.47. The van der Waals surface area contributed by atoms with Gasteiger partial charge in [-0.1, -0.05) is 0 Å². The molecule has 3 saturated heterocycles. The third kappa shape index (κ3) is 1.68. The van der Waals surface area contributed by atoms with Crippen LogP contribution in [0.5, 0.6) is 0 Å². The van der Waals surface area contributed by atoms with Gasteiger partial charge in [-0.05, 0) is 32.3 Å². The van der Waals surface area contributed by atoms with Crippen molar-refractivity contribution in [3.63, 3.8) is 0 Å². The molecule has 0 saturated carbocycles. The van der Waals surface area contributed by atoms with Crippen molar-refractivity contribution in [1.29, 1.82) is 0 Å². The lowest BCUT2D eigenvalue weighted by Crippen LogP contribution is -2.60. The minimum atomic E-state index is 0.989. The Morgan fingerprint density at radius 3 is 1.82 bits per heavy atom. The van der Waals surface area contributed by atoms with Crippen LogP contribution in [0, 0.1) is 26.7 Å². The second kappa shape index (κ2) is 3.77. The Morgan fingerprint density at radius 1 is 0.882 bits per heavy atom. The maximum absolute atomic E-state index is 4.79.